The van der Waals surface area contributed by atoms with E-state index in [-0.39, 0.29) is 11.8 Å². The standard InChI is InChI=1S/C24H24N4O/c1-2-18(25)15-27-23-12-13-26-24(28-23)21-14-17(10-11-22(21)29)20-9-5-7-16-6-3-4-8-19(16)20/h3-14,18,29H,2,15,25H2,1H3,(H,26,27,28)/t18-/m1/s1. The van der Waals surface area contributed by atoms with Gasteiger partial charge in [-0.3, -0.25) is 0 Å². The van der Waals surface area contributed by atoms with Gasteiger partial charge in [0.2, 0.25) is 0 Å². The second-order valence-corrected chi connectivity index (χ2v) is 7.07. The maximum atomic E-state index is 10.5. The molecule has 29 heavy (non-hydrogen) atoms. The van der Waals surface area contributed by atoms with Crippen molar-refractivity contribution in [1.82, 2.24) is 9.97 Å². The van der Waals surface area contributed by atoms with Crippen LogP contribution in [0, 0.1) is 0 Å². The zero-order valence-corrected chi connectivity index (χ0v) is 16.3. The van der Waals surface area contributed by atoms with E-state index in [0.29, 0.717) is 23.8 Å². The zero-order chi connectivity index (χ0) is 20.2. The number of phenolic OH excluding ortho intramolecular Hbond substituents is 1. The summed E-state index contributed by atoms with van der Waals surface area (Å²) in [6.45, 7) is 2.68. The van der Waals surface area contributed by atoms with Gasteiger partial charge in [0.25, 0.3) is 0 Å². The molecule has 1 heterocycles. The molecule has 0 unspecified atom stereocenters. The lowest BCUT2D eigenvalue weighted by Crippen LogP contribution is -2.28. The van der Waals surface area contributed by atoms with Gasteiger partial charge in [0.05, 0.1) is 5.56 Å². The van der Waals surface area contributed by atoms with Gasteiger partial charge in [-0.1, -0.05) is 55.5 Å². The summed E-state index contributed by atoms with van der Waals surface area (Å²) in [5, 5.41) is 16.1. The fraction of sp³-hybridized carbons (Fsp3) is 0.167. The van der Waals surface area contributed by atoms with Crippen LogP contribution in [0.2, 0.25) is 0 Å². The summed E-state index contributed by atoms with van der Waals surface area (Å²) in [5.74, 6) is 1.31. The Labute approximate surface area is 170 Å². The Balaban J connectivity index is 1.73. The van der Waals surface area contributed by atoms with Gasteiger partial charge < -0.3 is 16.2 Å². The zero-order valence-electron chi connectivity index (χ0n) is 16.3. The first-order chi connectivity index (χ1) is 14.2. The summed E-state index contributed by atoms with van der Waals surface area (Å²) in [5.41, 5.74) is 8.68. The van der Waals surface area contributed by atoms with Crippen LogP contribution in [-0.2, 0) is 0 Å². The van der Waals surface area contributed by atoms with Gasteiger partial charge in [-0.2, -0.15) is 0 Å². The van der Waals surface area contributed by atoms with Crippen LogP contribution in [-0.4, -0.2) is 27.7 Å². The molecule has 0 aliphatic heterocycles. The number of nitrogens with two attached hydrogens (primary N) is 1. The molecule has 0 aliphatic carbocycles. The average molecular weight is 384 g/mol. The van der Waals surface area contributed by atoms with Crippen molar-refractivity contribution in [3.8, 4) is 28.3 Å². The van der Waals surface area contributed by atoms with E-state index in [4.69, 9.17) is 5.73 Å². The molecule has 0 radical (unpaired) electrons. The molecular formula is C24H24N4O. The number of hydrogen-bond acceptors (Lipinski definition) is 5. The third kappa shape index (κ3) is 4.05. The van der Waals surface area contributed by atoms with Gasteiger partial charge in [0, 0.05) is 18.8 Å². The number of benzene rings is 3. The predicted octanol–water partition coefficient (Wildman–Crippen LogP) is 4.82. The maximum absolute atomic E-state index is 10.5. The summed E-state index contributed by atoms with van der Waals surface area (Å²) in [7, 11) is 0. The average Bonchev–Trinajstić information content (AvgIpc) is 2.77. The molecular weight excluding hydrogens is 360 g/mol. The Morgan fingerprint density at radius 3 is 2.69 bits per heavy atom. The lowest BCUT2D eigenvalue weighted by Gasteiger charge is -2.12. The molecule has 0 fully saturated rings. The van der Waals surface area contributed by atoms with Crippen molar-refractivity contribution >= 4 is 16.6 Å². The van der Waals surface area contributed by atoms with Gasteiger partial charge in [-0.15, -0.1) is 0 Å². The lowest BCUT2D eigenvalue weighted by molar-refractivity contribution is 0.477. The van der Waals surface area contributed by atoms with Crippen molar-refractivity contribution in [3.05, 3.63) is 72.9 Å². The number of rotatable bonds is 6. The van der Waals surface area contributed by atoms with Gasteiger partial charge in [-0.05, 0) is 46.5 Å². The topological polar surface area (TPSA) is 84.1 Å². The molecule has 0 aliphatic rings. The van der Waals surface area contributed by atoms with Crippen molar-refractivity contribution in [3.63, 3.8) is 0 Å². The van der Waals surface area contributed by atoms with Crippen molar-refractivity contribution < 1.29 is 5.11 Å². The Morgan fingerprint density at radius 1 is 1.00 bits per heavy atom. The molecule has 0 bridgehead atoms. The van der Waals surface area contributed by atoms with Crippen LogP contribution >= 0.6 is 0 Å². The maximum Gasteiger partial charge on any atom is 0.165 e. The number of nitrogens with zero attached hydrogens (tertiary/aromatic N) is 2. The Hall–Kier alpha value is -3.44. The normalized spacial score (nSPS) is 12.1. The Kier molecular flexibility index (Phi) is 5.40. The Bertz CT molecular complexity index is 1140. The molecule has 3 aromatic carbocycles. The first-order valence-corrected chi connectivity index (χ1v) is 9.79. The molecule has 146 valence electrons. The predicted molar refractivity (Wildman–Crippen MR) is 119 cm³/mol. The SMILES string of the molecule is CC[C@@H](N)CNc1ccnc(-c2cc(-c3cccc4ccccc34)ccc2O)n1. The minimum atomic E-state index is 0.0662. The minimum absolute atomic E-state index is 0.0662. The van der Waals surface area contributed by atoms with E-state index in [1.165, 1.54) is 5.39 Å². The number of phenols is 1. The molecule has 0 amide bonds. The van der Waals surface area contributed by atoms with Crippen LogP contribution in [0.5, 0.6) is 5.75 Å². The van der Waals surface area contributed by atoms with E-state index in [0.717, 1.165) is 22.9 Å². The van der Waals surface area contributed by atoms with Crippen molar-refractivity contribution in [2.24, 2.45) is 5.73 Å². The van der Waals surface area contributed by atoms with Crippen molar-refractivity contribution in [2.75, 3.05) is 11.9 Å². The molecule has 1 atom stereocenters. The molecule has 0 saturated carbocycles. The second-order valence-electron chi connectivity index (χ2n) is 7.07. The van der Waals surface area contributed by atoms with Crippen LogP contribution in [0.25, 0.3) is 33.3 Å². The van der Waals surface area contributed by atoms with Gasteiger partial charge in [-0.25, -0.2) is 9.97 Å². The largest absolute Gasteiger partial charge is 0.507 e. The fourth-order valence-electron chi connectivity index (χ4n) is 3.33. The number of aromatic hydroxyl groups is 1. The number of aromatic nitrogens is 2. The third-order valence-electron chi connectivity index (χ3n) is 5.06. The summed E-state index contributed by atoms with van der Waals surface area (Å²) < 4.78 is 0. The molecule has 4 aromatic rings. The lowest BCUT2D eigenvalue weighted by atomic mass is 9.96. The molecule has 0 spiro atoms. The highest BCUT2D eigenvalue weighted by atomic mass is 16.3. The molecule has 1 aromatic heterocycles. The van der Waals surface area contributed by atoms with Crippen LogP contribution in [0.15, 0.2) is 72.9 Å². The number of nitrogens with one attached hydrogen (secondary N) is 1. The quantitative estimate of drug-likeness (QED) is 0.444. The first kappa shape index (κ1) is 18.9. The fourth-order valence-corrected chi connectivity index (χ4v) is 3.33. The van der Waals surface area contributed by atoms with E-state index < -0.39 is 0 Å². The van der Waals surface area contributed by atoms with E-state index in [2.05, 4.69) is 46.5 Å². The molecule has 4 rings (SSSR count). The van der Waals surface area contributed by atoms with Crippen molar-refractivity contribution in [2.45, 2.75) is 19.4 Å². The van der Waals surface area contributed by atoms with E-state index in [9.17, 15) is 5.11 Å². The minimum Gasteiger partial charge on any atom is -0.507 e. The number of anilines is 1. The van der Waals surface area contributed by atoms with Gasteiger partial charge in [0.15, 0.2) is 5.82 Å². The second kappa shape index (κ2) is 8.29. The highest BCUT2D eigenvalue weighted by Gasteiger charge is 2.12. The monoisotopic (exact) mass is 384 g/mol. The van der Waals surface area contributed by atoms with Crippen LogP contribution in [0.4, 0.5) is 5.82 Å². The molecule has 5 nitrogen and oxygen atoms in total. The van der Waals surface area contributed by atoms with Gasteiger partial charge >= 0.3 is 0 Å². The van der Waals surface area contributed by atoms with Crippen LogP contribution in [0.3, 0.4) is 0 Å². The summed E-state index contributed by atoms with van der Waals surface area (Å²) in [4.78, 5) is 8.94. The summed E-state index contributed by atoms with van der Waals surface area (Å²) in [6, 6.07) is 21.9. The Morgan fingerprint density at radius 2 is 1.83 bits per heavy atom. The highest BCUT2D eigenvalue weighted by Crippen LogP contribution is 2.35. The van der Waals surface area contributed by atoms with Crippen LogP contribution in [0.1, 0.15) is 13.3 Å². The van der Waals surface area contributed by atoms with Crippen molar-refractivity contribution in [1.29, 1.82) is 0 Å². The van der Waals surface area contributed by atoms with E-state index in [1.54, 1.807) is 18.3 Å². The highest BCUT2D eigenvalue weighted by molar-refractivity contribution is 5.97. The molecule has 4 N–H and O–H groups in total. The molecule has 5 heteroatoms. The smallest absolute Gasteiger partial charge is 0.165 e. The van der Waals surface area contributed by atoms with Gasteiger partial charge in [0.1, 0.15) is 11.6 Å². The van der Waals surface area contributed by atoms with E-state index >= 15 is 0 Å². The van der Waals surface area contributed by atoms with E-state index in [1.807, 2.05) is 30.3 Å². The summed E-state index contributed by atoms with van der Waals surface area (Å²) >= 11 is 0. The summed E-state index contributed by atoms with van der Waals surface area (Å²) in [6.07, 6.45) is 2.57. The first-order valence-electron chi connectivity index (χ1n) is 9.79. The molecule has 0 saturated heterocycles. The number of hydrogen-bond donors (Lipinski definition) is 3. The van der Waals surface area contributed by atoms with Crippen LogP contribution < -0.4 is 11.1 Å². The third-order valence-corrected chi connectivity index (χ3v) is 5.06. The number of fused-ring (bicyclic) bond motifs is 1.